The third-order valence-electron chi connectivity index (χ3n) is 6.57. The lowest BCUT2D eigenvalue weighted by Crippen LogP contribution is -2.53. The second kappa shape index (κ2) is 9.35. The summed E-state index contributed by atoms with van der Waals surface area (Å²) in [6, 6.07) is 11.7. The minimum absolute atomic E-state index is 0.0470. The third-order valence-corrected chi connectivity index (χ3v) is 6.57. The summed E-state index contributed by atoms with van der Waals surface area (Å²) in [5, 5.41) is 5.95. The van der Waals surface area contributed by atoms with Crippen molar-refractivity contribution in [3.63, 3.8) is 0 Å². The number of nitrogens with two attached hydrogens (primary N) is 1. The summed E-state index contributed by atoms with van der Waals surface area (Å²) in [5.74, 6) is -0.816. The zero-order valence-corrected chi connectivity index (χ0v) is 19.4. The van der Waals surface area contributed by atoms with Crippen molar-refractivity contribution in [3.05, 3.63) is 59.2 Å². The number of aryl methyl sites for hydroxylation is 1. The SMILES string of the molecule is Cc1cccc(C(=O)N2c3ccc(C(=O)NC4CCCCC4N)cc3NC(=O)C2C(C)C)c1. The molecule has 1 saturated carbocycles. The van der Waals surface area contributed by atoms with Crippen LogP contribution in [0.25, 0.3) is 0 Å². The smallest absolute Gasteiger partial charge is 0.259 e. The first kappa shape index (κ1) is 23.0. The number of fused-ring (bicyclic) bond motifs is 1. The van der Waals surface area contributed by atoms with Gasteiger partial charge in [0.25, 0.3) is 11.8 Å². The number of nitrogens with zero attached hydrogens (tertiary/aromatic N) is 1. The quantitative estimate of drug-likeness (QED) is 0.664. The molecule has 0 spiro atoms. The standard InChI is InChI=1S/C26H32N4O3/c1-15(2)23-25(32)29-21-14-17(24(31)28-20-10-5-4-9-19(20)27)11-12-22(21)30(23)26(33)18-8-6-7-16(3)13-18/h6-8,11-15,19-20,23H,4-5,9-10,27H2,1-3H3,(H,28,31)(H,29,32). The van der Waals surface area contributed by atoms with Crippen LogP contribution in [0.1, 0.15) is 65.8 Å². The van der Waals surface area contributed by atoms with Crippen LogP contribution in [0.4, 0.5) is 11.4 Å². The molecule has 7 nitrogen and oxygen atoms in total. The maximum absolute atomic E-state index is 13.5. The van der Waals surface area contributed by atoms with Crippen LogP contribution in [-0.4, -0.2) is 35.8 Å². The highest BCUT2D eigenvalue weighted by Crippen LogP contribution is 2.36. The molecule has 1 aliphatic carbocycles. The summed E-state index contributed by atoms with van der Waals surface area (Å²) in [4.78, 5) is 41.1. The molecule has 33 heavy (non-hydrogen) atoms. The van der Waals surface area contributed by atoms with E-state index in [2.05, 4.69) is 10.6 Å². The normalized spacial score (nSPS) is 22.5. The Kier molecular flexibility index (Phi) is 6.51. The zero-order valence-electron chi connectivity index (χ0n) is 19.4. The van der Waals surface area contributed by atoms with Crippen molar-refractivity contribution in [3.8, 4) is 0 Å². The van der Waals surface area contributed by atoms with Gasteiger partial charge in [-0.3, -0.25) is 19.3 Å². The Morgan fingerprint density at radius 3 is 2.55 bits per heavy atom. The van der Waals surface area contributed by atoms with Crippen LogP contribution < -0.4 is 21.3 Å². The summed E-state index contributed by atoms with van der Waals surface area (Å²) < 4.78 is 0. The van der Waals surface area contributed by atoms with E-state index in [4.69, 9.17) is 5.73 Å². The monoisotopic (exact) mass is 448 g/mol. The first-order chi connectivity index (χ1) is 15.8. The van der Waals surface area contributed by atoms with Gasteiger partial charge in [0.15, 0.2) is 0 Å². The Bertz CT molecular complexity index is 1080. The van der Waals surface area contributed by atoms with E-state index in [9.17, 15) is 14.4 Å². The predicted molar refractivity (Wildman–Crippen MR) is 129 cm³/mol. The van der Waals surface area contributed by atoms with Gasteiger partial charge in [-0.25, -0.2) is 0 Å². The molecule has 0 saturated heterocycles. The Morgan fingerprint density at radius 2 is 1.85 bits per heavy atom. The molecule has 0 aromatic heterocycles. The minimum atomic E-state index is -0.648. The van der Waals surface area contributed by atoms with E-state index in [-0.39, 0.29) is 35.7 Å². The zero-order chi connectivity index (χ0) is 23.7. The molecule has 0 radical (unpaired) electrons. The van der Waals surface area contributed by atoms with Crippen molar-refractivity contribution >= 4 is 29.1 Å². The third kappa shape index (κ3) is 4.64. The van der Waals surface area contributed by atoms with Gasteiger partial charge >= 0.3 is 0 Å². The maximum atomic E-state index is 13.5. The molecule has 1 fully saturated rings. The van der Waals surface area contributed by atoms with E-state index in [1.54, 1.807) is 29.2 Å². The van der Waals surface area contributed by atoms with E-state index in [1.165, 1.54) is 0 Å². The summed E-state index contributed by atoms with van der Waals surface area (Å²) in [5.41, 5.74) is 9.15. The van der Waals surface area contributed by atoms with Crippen LogP contribution in [0.2, 0.25) is 0 Å². The number of hydrogen-bond donors (Lipinski definition) is 3. The molecule has 2 aromatic carbocycles. The van der Waals surface area contributed by atoms with Gasteiger partial charge in [0.05, 0.1) is 11.4 Å². The molecule has 0 bridgehead atoms. The average Bonchev–Trinajstić information content (AvgIpc) is 2.78. The lowest BCUT2D eigenvalue weighted by Gasteiger charge is -2.38. The number of hydrogen-bond acceptors (Lipinski definition) is 4. The van der Waals surface area contributed by atoms with Gasteiger partial charge in [-0.1, -0.05) is 44.4 Å². The highest BCUT2D eigenvalue weighted by molar-refractivity contribution is 6.17. The first-order valence-corrected chi connectivity index (χ1v) is 11.7. The molecule has 2 aliphatic rings. The number of anilines is 2. The van der Waals surface area contributed by atoms with Crippen LogP contribution in [0, 0.1) is 12.8 Å². The molecule has 3 unspecified atom stereocenters. The lowest BCUT2D eigenvalue weighted by molar-refractivity contribution is -0.118. The van der Waals surface area contributed by atoms with Crippen molar-refractivity contribution < 1.29 is 14.4 Å². The molecular formula is C26H32N4O3. The second-order valence-corrected chi connectivity index (χ2v) is 9.48. The van der Waals surface area contributed by atoms with Crippen molar-refractivity contribution in [2.45, 2.75) is 64.6 Å². The molecule has 174 valence electrons. The van der Waals surface area contributed by atoms with E-state index in [1.807, 2.05) is 39.0 Å². The van der Waals surface area contributed by atoms with Gasteiger partial charge < -0.3 is 16.4 Å². The molecular weight excluding hydrogens is 416 g/mol. The summed E-state index contributed by atoms with van der Waals surface area (Å²) in [6.45, 7) is 5.76. The second-order valence-electron chi connectivity index (χ2n) is 9.48. The van der Waals surface area contributed by atoms with Crippen molar-refractivity contribution in [2.24, 2.45) is 11.7 Å². The van der Waals surface area contributed by atoms with Gasteiger partial charge in [0.2, 0.25) is 5.91 Å². The Hall–Kier alpha value is -3.19. The van der Waals surface area contributed by atoms with Gasteiger partial charge in [-0.2, -0.15) is 0 Å². The number of rotatable bonds is 4. The van der Waals surface area contributed by atoms with Crippen molar-refractivity contribution in [1.29, 1.82) is 0 Å². The van der Waals surface area contributed by atoms with Crippen LogP contribution in [0.5, 0.6) is 0 Å². The van der Waals surface area contributed by atoms with E-state index < -0.39 is 6.04 Å². The molecule has 1 aliphatic heterocycles. The first-order valence-electron chi connectivity index (χ1n) is 11.7. The van der Waals surface area contributed by atoms with E-state index in [0.29, 0.717) is 22.5 Å². The number of carbonyl (C=O) groups is 3. The van der Waals surface area contributed by atoms with Gasteiger partial charge in [-0.05, 0) is 56.0 Å². The molecule has 4 N–H and O–H groups in total. The van der Waals surface area contributed by atoms with Gasteiger partial charge in [-0.15, -0.1) is 0 Å². The van der Waals surface area contributed by atoms with Crippen LogP contribution >= 0.6 is 0 Å². The van der Waals surface area contributed by atoms with Crippen LogP contribution in [0.3, 0.4) is 0 Å². The Morgan fingerprint density at radius 1 is 1.09 bits per heavy atom. The largest absolute Gasteiger partial charge is 0.348 e. The van der Waals surface area contributed by atoms with Crippen LogP contribution in [-0.2, 0) is 4.79 Å². The average molecular weight is 449 g/mol. The predicted octanol–water partition coefficient (Wildman–Crippen LogP) is 3.62. The van der Waals surface area contributed by atoms with E-state index >= 15 is 0 Å². The molecule has 1 heterocycles. The fourth-order valence-electron chi connectivity index (χ4n) is 4.81. The minimum Gasteiger partial charge on any atom is -0.348 e. The number of carbonyl (C=O) groups excluding carboxylic acids is 3. The summed E-state index contributed by atoms with van der Waals surface area (Å²) in [7, 11) is 0. The van der Waals surface area contributed by atoms with Crippen molar-refractivity contribution in [2.75, 3.05) is 10.2 Å². The van der Waals surface area contributed by atoms with Gasteiger partial charge in [0, 0.05) is 23.2 Å². The van der Waals surface area contributed by atoms with Crippen molar-refractivity contribution in [1.82, 2.24) is 5.32 Å². The fourth-order valence-corrected chi connectivity index (χ4v) is 4.81. The summed E-state index contributed by atoms with van der Waals surface area (Å²) in [6.07, 6.45) is 3.90. The highest BCUT2D eigenvalue weighted by atomic mass is 16.2. The Labute approximate surface area is 194 Å². The topological polar surface area (TPSA) is 105 Å². The molecule has 7 heteroatoms. The van der Waals surface area contributed by atoms with E-state index in [0.717, 1.165) is 31.2 Å². The molecule has 3 atom stereocenters. The van der Waals surface area contributed by atoms with Crippen LogP contribution in [0.15, 0.2) is 42.5 Å². The van der Waals surface area contributed by atoms with Gasteiger partial charge in [0.1, 0.15) is 6.04 Å². The number of amides is 3. The molecule has 3 amide bonds. The maximum Gasteiger partial charge on any atom is 0.259 e. The highest BCUT2D eigenvalue weighted by Gasteiger charge is 2.39. The molecule has 2 aromatic rings. The fraction of sp³-hybridized carbons (Fsp3) is 0.423. The number of nitrogens with one attached hydrogen (secondary N) is 2. The molecule has 4 rings (SSSR count). The summed E-state index contributed by atoms with van der Waals surface area (Å²) >= 11 is 0. The lowest BCUT2D eigenvalue weighted by atomic mass is 9.90. The Balaban J connectivity index is 1.67. The number of benzene rings is 2.